The van der Waals surface area contributed by atoms with Crippen molar-refractivity contribution in [2.24, 2.45) is 0 Å². The summed E-state index contributed by atoms with van der Waals surface area (Å²) in [5.74, 6) is -2.43. The van der Waals surface area contributed by atoms with E-state index in [4.69, 9.17) is 0 Å². The third-order valence-corrected chi connectivity index (χ3v) is 3.74. The van der Waals surface area contributed by atoms with E-state index in [0.29, 0.717) is 11.8 Å². The predicted molar refractivity (Wildman–Crippen MR) is 93.5 cm³/mol. The first-order chi connectivity index (χ1) is 11.8. The maximum absolute atomic E-state index is 13.9. The van der Waals surface area contributed by atoms with Gasteiger partial charge in [-0.3, -0.25) is 9.59 Å². The standard InChI is InChI=1S/C19H20F2N2O2/c1-12(2)15-6-4-5-7-17(15)22-19(25)11-23(13(3)24)18-9-8-14(20)10-16(18)21/h4-10,12H,11H2,1-3H3,(H,22,25). The maximum atomic E-state index is 13.9. The minimum Gasteiger partial charge on any atom is -0.324 e. The van der Waals surface area contributed by atoms with Gasteiger partial charge in [-0.2, -0.15) is 0 Å². The van der Waals surface area contributed by atoms with E-state index in [2.05, 4.69) is 5.32 Å². The van der Waals surface area contributed by atoms with Crippen LogP contribution in [-0.4, -0.2) is 18.4 Å². The normalized spacial score (nSPS) is 10.6. The van der Waals surface area contributed by atoms with Crippen molar-refractivity contribution in [3.8, 4) is 0 Å². The van der Waals surface area contributed by atoms with E-state index < -0.39 is 23.4 Å². The van der Waals surface area contributed by atoms with Crippen LogP contribution in [0.5, 0.6) is 0 Å². The number of amides is 2. The van der Waals surface area contributed by atoms with Gasteiger partial charge in [0.25, 0.3) is 0 Å². The Balaban J connectivity index is 2.20. The van der Waals surface area contributed by atoms with Gasteiger partial charge in [-0.25, -0.2) is 8.78 Å². The van der Waals surface area contributed by atoms with E-state index >= 15 is 0 Å². The molecule has 4 nitrogen and oxygen atoms in total. The van der Waals surface area contributed by atoms with Crippen LogP contribution in [0.2, 0.25) is 0 Å². The minimum absolute atomic E-state index is 0.138. The fourth-order valence-electron chi connectivity index (χ4n) is 2.51. The lowest BCUT2D eigenvalue weighted by atomic mass is 10.0. The molecule has 0 atom stereocenters. The molecule has 0 heterocycles. The lowest BCUT2D eigenvalue weighted by Gasteiger charge is -2.22. The van der Waals surface area contributed by atoms with Crippen molar-refractivity contribution >= 4 is 23.2 Å². The van der Waals surface area contributed by atoms with Crippen molar-refractivity contribution in [3.05, 3.63) is 59.7 Å². The number of carbonyl (C=O) groups excluding carboxylic acids is 2. The first-order valence-electron chi connectivity index (χ1n) is 7.91. The van der Waals surface area contributed by atoms with Gasteiger partial charge in [0.1, 0.15) is 18.2 Å². The molecule has 132 valence electrons. The molecule has 0 fully saturated rings. The number of nitrogens with one attached hydrogen (secondary N) is 1. The Morgan fingerprint density at radius 2 is 1.80 bits per heavy atom. The van der Waals surface area contributed by atoms with E-state index in [-0.39, 0.29) is 18.2 Å². The highest BCUT2D eigenvalue weighted by Gasteiger charge is 2.20. The van der Waals surface area contributed by atoms with Crippen LogP contribution in [0.3, 0.4) is 0 Å². The van der Waals surface area contributed by atoms with Gasteiger partial charge in [-0.05, 0) is 29.7 Å². The number of nitrogens with zero attached hydrogens (tertiary/aromatic N) is 1. The average Bonchev–Trinajstić information content (AvgIpc) is 2.53. The van der Waals surface area contributed by atoms with E-state index in [1.165, 1.54) is 6.92 Å². The molecule has 0 unspecified atom stereocenters. The zero-order chi connectivity index (χ0) is 18.6. The van der Waals surface area contributed by atoms with Crippen LogP contribution in [0, 0.1) is 11.6 Å². The molecule has 2 rings (SSSR count). The summed E-state index contributed by atoms with van der Waals surface area (Å²) in [4.78, 5) is 25.2. The van der Waals surface area contributed by atoms with Gasteiger partial charge < -0.3 is 10.2 Å². The number of rotatable bonds is 5. The van der Waals surface area contributed by atoms with Crippen LogP contribution < -0.4 is 10.2 Å². The molecule has 2 aromatic carbocycles. The number of benzene rings is 2. The van der Waals surface area contributed by atoms with Crippen LogP contribution in [0.25, 0.3) is 0 Å². The third kappa shape index (κ3) is 4.62. The lowest BCUT2D eigenvalue weighted by Crippen LogP contribution is -2.37. The van der Waals surface area contributed by atoms with E-state index in [1.54, 1.807) is 12.1 Å². The predicted octanol–water partition coefficient (Wildman–Crippen LogP) is 4.08. The molecule has 0 aliphatic carbocycles. The highest BCUT2D eigenvalue weighted by molar-refractivity contribution is 6.02. The molecule has 2 aromatic rings. The summed E-state index contributed by atoms with van der Waals surface area (Å²) in [5.41, 5.74) is 1.46. The summed E-state index contributed by atoms with van der Waals surface area (Å²) in [7, 11) is 0. The fraction of sp³-hybridized carbons (Fsp3) is 0.263. The third-order valence-electron chi connectivity index (χ3n) is 3.74. The zero-order valence-corrected chi connectivity index (χ0v) is 14.3. The Kier molecular flexibility index (Phi) is 5.85. The Hall–Kier alpha value is -2.76. The molecule has 25 heavy (non-hydrogen) atoms. The van der Waals surface area contributed by atoms with Crippen molar-refractivity contribution in [2.75, 3.05) is 16.8 Å². The molecule has 0 saturated heterocycles. The summed E-state index contributed by atoms with van der Waals surface area (Å²) < 4.78 is 27.0. The van der Waals surface area contributed by atoms with Gasteiger partial charge in [0.2, 0.25) is 11.8 Å². The number of carbonyl (C=O) groups is 2. The largest absolute Gasteiger partial charge is 0.324 e. The number of hydrogen-bond acceptors (Lipinski definition) is 2. The van der Waals surface area contributed by atoms with Gasteiger partial charge >= 0.3 is 0 Å². The summed E-state index contributed by atoms with van der Waals surface area (Å²) in [6.45, 7) is 4.85. The van der Waals surface area contributed by atoms with Crippen LogP contribution in [0.1, 0.15) is 32.3 Å². The minimum atomic E-state index is -0.898. The van der Waals surface area contributed by atoms with Gasteiger partial charge in [0, 0.05) is 18.7 Å². The maximum Gasteiger partial charge on any atom is 0.244 e. The molecule has 0 radical (unpaired) electrons. The Morgan fingerprint density at radius 3 is 2.40 bits per heavy atom. The molecule has 0 aliphatic heterocycles. The quantitative estimate of drug-likeness (QED) is 0.887. The molecule has 0 spiro atoms. The molecule has 6 heteroatoms. The Bertz CT molecular complexity index is 791. The average molecular weight is 346 g/mol. The number of para-hydroxylation sites is 1. The smallest absolute Gasteiger partial charge is 0.244 e. The highest BCUT2D eigenvalue weighted by Crippen LogP contribution is 2.24. The summed E-state index contributed by atoms with van der Waals surface area (Å²) in [6.07, 6.45) is 0. The van der Waals surface area contributed by atoms with Crippen molar-refractivity contribution in [1.29, 1.82) is 0 Å². The first-order valence-corrected chi connectivity index (χ1v) is 7.91. The monoisotopic (exact) mass is 346 g/mol. The molecule has 1 N–H and O–H groups in total. The topological polar surface area (TPSA) is 49.4 Å². The molecular weight excluding hydrogens is 326 g/mol. The molecular formula is C19H20F2N2O2. The van der Waals surface area contributed by atoms with E-state index in [0.717, 1.165) is 22.6 Å². The number of anilines is 2. The summed E-state index contributed by atoms with van der Waals surface area (Å²) >= 11 is 0. The van der Waals surface area contributed by atoms with E-state index in [9.17, 15) is 18.4 Å². The number of halogens is 2. The fourth-order valence-corrected chi connectivity index (χ4v) is 2.51. The second-order valence-electron chi connectivity index (χ2n) is 5.99. The van der Waals surface area contributed by atoms with Gasteiger partial charge in [0.05, 0.1) is 5.69 Å². The van der Waals surface area contributed by atoms with Gasteiger partial charge in [-0.15, -0.1) is 0 Å². The Labute approximate surface area is 145 Å². The highest BCUT2D eigenvalue weighted by atomic mass is 19.1. The molecule has 0 bridgehead atoms. The van der Waals surface area contributed by atoms with E-state index in [1.807, 2.05) is 26.0 Å². The molecule has 2 amide bonds. The summed E-state index contributed by atoms with van der Waals surface area (Å²) in [5, 5.41) is 2.75. The molecule has 0 saturated carbocycles. The van der Waals surface area contributed by atoms with Crippen LogP contribution in [0.15, 0.2) is 42.5 Å². The van der Waals surface area contributed by atoms with Gasteiger partial charge in [-0.1, -0.05) is 32.0 Å². The lowest BCUT2D eigenvalue weighted by molar-refractivity contribution is -0.120. The van der Waals surface area contributed by atoms with Crippen LogP contribution >= 0.6 is 0 Å². The second kappa shape index (κ2) is 7.88. The Morgan fingerprint density at radius 1 is 1.12 bits per heavy atom. The van der Waals surface area contributed by atoms with Crippen LogP contribution in [0.4, 0.5) is 20.2 Å². The van der Waals surface area contributed by atoms with Crippen molar-refractivity contribution in [2.45, 2.75) is 26.7 Å². The van der Waals surface area contributed by atoms with Crippen molar-refractivity contribution in [3.63, 3.8) is 0 Å². The van der Waals surface area contributed by atoms with Crippen molar-refractivity contribution in [1.82, 2.24) is 0 Å². The van der Waals surface area contributed by atoms with Crippen molar-refractivity contribution < 1.29 is 18.4 Å². The second-order valence-corrected chi connectivity index (χ2v) is 5.99. The summed E-state index contributed by atoms with van der Waals surface area (Å²) in [6, 6.07) is 10.2. The number of hydrogen-bond donors (Lipinski definition) is 1. The SMILES string of the molecule is CC(=O)N(CC(=O)Nc1ccccc1C(C)C)c1ccc(F)cc1F. The molecule has 0 aliphatic rings. The molecule has 0 aromatic heterocycles. The first kappa shape index (κ1) is 18.6. The van der Waals surface area contributed by atoms with Gasteiger partial charge in [0.15, 0.2) is 0 Å². The zero-order valence-electron chi connectivity index (χ0n) is 14.3. The van der Waals surface area contributed by atoms with Crippen LogP contribution in [-0.2, 0) is 9.59 Å².